The standard InChI is InChI=1S/C35H25Cl2FN2O2S/c1-21-10-13-26(17-30(21)36)39-35-40(27-14-11-22(2)31(37)18-27)34(41)33(43-35)19-29-28-9-4-3-7-24(28)12-15-32(29)42-20-23-6-5-8-25(38)16-23/h3-19H,20H2,1-2H3/b33-19+,39-35?. The van der Waals surface area contributed by atoms with E-state index in [0.29, 0.717) is 42.8 Å². The minimum absolute atomic E-state index is 0.169. The van der Waals surface area contributed by atoms with Gasteiger partial charge in [-0.1, -0.05) is 77.8 Å². The van der Waals surface area contributed by atoms with Gasteiger partial charge in [-0.2, -0.15) is 0 Å². The second-order valence-electron chi connectivity index (χ2n) is 10.1. The fourth-order valence-corrected chi connectivity index (χ4v) is 6.06. The summed E-state index contributed by atoms with van der Waals surface area (Å²) in [7, 11) is 0. The Kier molecular flexibility index (Phi) is 8.26. The van der Waals surface area contributed by atoms with Crippen LogP contribution in [0.25, 0.3) is 16.8 Å². The van der Waals surface area contributed by atoms with E-state index in [4.69, 9.17) is 32.9 Å². The number of hydrogen-bond acceptors (Lipinski definition) is 4. The molecule has 43 heavy (non-hydrogen) atoms. The molecule has 0 aliphatic carbocycles. The highest BCUT2D eigenvalue weighted by Crippen LogP contribution is 2.41. The van der Waals surface area contributed by atoms with Crippen LogP contribution in [0.2, 0.25) is 10.0 Å². The van der Waals surface area contributed by atoms with E-state index in [1.54, 1.807) is 23.1 Å². The molecule has 0 atom stereocenters. The first kappa shape index (κ1) is 29.0. The molecule has 0 spiro atoms. The smallest absolute Gasteiger partial charge is 0.271 e. The number of benzene rings is 5. The third kappa shape index (κ3) is 6.18. The lowest BCUT2D eigenvalue weighted by Crippen LogP contribution is -2.28. The normalized spacial score (nSPS) is 15.2. The number of carbonyl (C=O) groups is 1. The van der Waals surface area contributed by atoms with Gasteiger partial charge in [0.2, 0.25) is 0 Å². The van der Waals surface area contributed by atoms with Crippen molar-refractivity contribution in [1.82, 2.24) is 0 Å². The predicted molar refractivity (Wildman–Crippen MR) is 177 cm³/mol. The Morgan fingerprint density at radius 2 is 1.65 bits per heavy atom. The van der Waals surface area contributed by atoms with Gasteiger partial charge < -0.3 is 4.74 Å². The quantitative estimate of drug-likeness (QED) is 0.176. The molecule has 6 rings (SSSR count). The van der Waals surface area contributed by atoms with Gasteiger partial charge in [-0.25, -0.2) is 9.38 Å². The summed E-state index contributed by atoms with van der Waals surface area (Å²) >= 11 is 14.1. The van der Waals surface area contributed by atoms with Crippen molar-refractivity contribution < 1.29 is 13.9 Å². The number of aliphatic imine (C=N–C) groups is 1. The Bertz CT molecular complexity index is 1960. The molecule has 4 nitrogen and oxygen atoms in total. The molecule has 5 aromatic rings. The molecule has 5 aromatic carbocycles. The molecule has 0 N–H and O–H groups in total. The van der Waals surface area contributed by atoms with Crippen molar-refractivity contribution >= 4 is 74.3 Å². The van der Waals surface area contributed by atoms with Crippen LogP contribution in [0.1, 0.15) is 22.3 Å². The third-order valence-corrected chi connectivity index (χ3v) is 8.87. The summed E-state index contributed by atoms with van der Waals surface area (Å²) in [5.74, 6) is 0.00303. The number of nitrogens with zero attached hydrogens (tertiary/aromatic N) is 2. The van der Waals surface area contributed by atoms with Gasteiger partial charge in [-0.15, -0.1) is 0 Å². The lowest BCUT2D eigenvalue weighted by Gasteiger charge is -2.17. The maximum Gasteiger partial charge on any atom is 0.271 e. The van der Waals surface area contributed by atoms with Gasteiger partial charge in [-0.3, -0.25) is 9.69 Å². The molecule has 214 valence electrons. The van der Waals surface area contributed by atoms with Gasteiger partial charge in [-0.05, 0) is 102 Å². The van der Waals surface area contributed by atoms with Crippen molar-refractivity contribution in [2.45, 2.75) is 20.5 Å². The zero-order chi connectivity index (χ0) is 30.1. The molecule has 1 amide bonds. The van der Waals surface area contributed by atoms with Crippen LogP contribution in [0.3, 0.4) is 0 Å². The fourth-order valence-electron chi connectivity index (χ4n) is 4.73. The first-order valence-corrected chi connectivity index (χ1v) is 15.1. The van der Waals surface area contributed by atoms with Gasteiger partial charge in [0.25, 0.3) is 5.91 Å². The summed E-state index contributed by atoms with van der Waals surface area (Å²) in [5.41, 5.74) is 4.51. The van der Waals surface area contributed by atoms with Crippen LogP contribution in [-0.4, -0.2) is 11.1 Å². The molecule has 0 bridgehead atoms. The number of rotatable bonds is 6. The average Bonchev–Trinajstić information content (AvgIpc) is 3.29. The number of amidine groups is 1. The number of hydrogen-bond donors (Lipinski definition) is 0. The molecule has 0 saturated carbocycles. The van der Waals surface area contributed by atoms with E-state index in [1.165, 1.54) is 23.9 Å². The number of carbonyl (C=O) groups excluding carboxylic acids is 1. The Morgan fingerprint density at radius 1 is 0.884 bits per heavy atom. The molecule has 1 saturated heterocycles. The molecule has 1 fully saturated rings. The van der Waals surface area contributed by atoms with E-state index in [1.807, 2.05) is 86.7 Å². The summed E-state index contributed by atoms with van der Waals surface area (Å²) in [4.78, 5) is 20.9. The first-order chi connectivity index (χ1) is 20.8. The SMILES string of the molecule is Cc1ccc(N=C2S/C(=C/c3c(OCc4cccc(F)c4)ccc4ccccc34)C(=O)N2c2ccc(C)c(Cl)c2)cc1Cl. The summed E-state index contributed by atoms with van der Waals surface area (Å²) in [6, 6.07) is 29.1. The number of aryl methyl sites for hydroxylation is 2. The van der Waals surface area contributed by atoms with Crippen LogP contribution in [0, 0.1) is 19.7 Å². The molecule has 1 heterocycles. The van der Waals surface area contributed by atoms with Gasteiger partial charge >= 0.3 is 0 Å². The van der Waals surface area contributed by atoms with Crippen molar-refractivity contribution in [2.24, 2.45) is 4.99 Å². The van der Waals surface area contributed by atoms with Crippen molar-refractivity contribution in [3.05, 3.63) is 140 Å². The fraction of sp³-hybridized carbons (Fsp3) is 0.0857. The van der Waals surface area contributed by atoms with E-state index in [0.717, 1.165) is 27.5 Å². The topological polar surface area (TPSA) is 41.9 Å². The van der Waals surface area contributed by atoms with Crippen LogP contribution in [0.15, 0.2) is 107 Å². The average molecular weight is 628 g/mol. The third-order valence-electron chi connectivity index (χ3n) is 7.09. The molecule has 1 aliphatic rings. The monoisotopic (exact) mass is 626 g/mol. The van der Waals surface area contributed by atoms with Crippen LogP contribution >= 0.6 is 35.0 Å². The minimum atomic E-state index is -0.326. The largest absolute Gasteiger partial charge is 0.488 e. The second-order valence-corrected chi connectivity index (χ2v) is 12.0. The summed E-state index contributed by atoms with van der Waals surface area (Å²) in [6.45, 7) is 4.00. The summed E-state index contributed by atoms with van der Waals surface area (Å²) in [5, 5.41) is 3.52. The van der Waals surface area contributed by atoms with Crippen LogP contribution in [0.5, 0.6) is 5.75 Å². The number of anilines is 1. The van der Waals surface area contributed by atoms with Gasteiger partial charge in [0, 0.05) is 15.6 Å². The lowest BCUT2D eigenvalue weighted by molar-refractivity contribution is -0.113. The number of halogens is 3. The predicted octanol–water partition coefficient (Wildman–Crippen LogP) is 10.3. The molecule has 0 radical (unpaired) electrons. The highest BCUT2D eigenvalue weighted by Gasteiger charge is 2.35. The van der Waals surface area contributed by atoms with E-state index in [-0.39, 0.29) is 18.3 Å². The molecule has 0 unspecified atom stereocenters. The van der Waals surface area contributed by atoms with Crippen molar-refractivity contribution in [2.75, 3.05) is 4.90 Å². The highest BCUT2D eigenvalue weighted by atomic mass is 35.5. The lowest BCUT2D eigenvalue weighted by atomic mass is 10.0. The number of ether oxygens (including phenoxy) is 1. The van der Waals surface area contributed by atoms with Crippen LogP contribution in [0.4, 0.5) is 15.8 Å². The summed E-state index contributed by atoms with van der Waals surface area (Å²) in [6.07, 6.45) is 1.84. The number of thioether (sulfide) groups is 1. The molecule has 1 aliphatic heterocycles. The Morgan fingerprint density at radius 3 is 2.42 bits per heavy atom. The second kappa shape index (κ2) is 12.3. The minimum Gasteiger partial charge on any atom is -0.488 e. The van der Waals surface area contributed by atoms with E-state index >= 15 is 0 Å². The van der Waals surface area contributed by atoms with Gasteiger partial charge in [0.05, 0.1) is 16.3 Å². The van der Waals surface area contributed by atoms with Crippen LogP contribution in [-0.2, 0) is 11.4 Å². The van der Waals surface area contributed by atoms with Gasteiger partial charge in [0.1, 0.15) is 18.2 Å². The Labute approximate surface area is 263 Å². The van der Waals surface area contributed by atoms with Crippen molar-refractivity contribution in [3.8, 4) is 5.75 Å². The van der Waals surface area contributed by atoms with Crippen molar-refractivity contribution in [1.29, 1.82) is 0 Å². The molecular weight excluding hydrogens is 602 g/mol. The van der Waals surface area contributed by atoms with E-state index < -0.39 is 0 Å². The Hall–Kier alpha value is -4.10. The number of amides is 1. The summed E-state index contributed by atoms with van der Waals surface area (Å²) < 4.78 is 20.0. The van der Waals surface area contributed by atoms with E-state index in [9.17, 15) is 9.18 Å². The zero-order valence-corrected chi connectivity index (χ0v) is 25.6. The first-order valence-electron chi connectivity index (χ1n) is 13.5. The number of fused-ring (bicyclic) bond motifs is 1. The maximum absolute atomic E-state index is 14.1. The molecule has 0 aromatic heterocycles. The van der Waals surface area contributed by atoms with Crippen LogP contribution < -0.4 is 9.64 Å². The highest BCUT2D eigenvalue weighted by molar-refractivity contribution is 8.19. The Balaban J connectivity index is 1.45. The van der Waals surface area contributed by atoms with E-state index in [2.05, 4.69) is 0 Å². The maximum atomic E-state index is 14.1. The van der Waals surface area contributed by atoms with Gasteiger partial charge in [0.15, 0.2) is 5.17 Å². The zero-order valence-electron chi connectivity index (χ0n) is 23.3. The van der Waals surface area contributed by atoms with Crippen molar-refractivity contribution in [3.63, 3.8) is 0 Å². The molecular formula is C35H25Cl2FN2O2S. The molecule has 8 heteroatoms.